The van der Waals surface area contributed by atoms with Crippen molar-refractivity contribution >= 4 is 20.7 Å². The summed E-state index contributed by atoms with van der Waals surface area (Å²) >= 11 is 0. The zero-order valence-electron chi connectivity index (χ0n) is 17.5. The molecule has 0 saturated carbocycles. The summed E-state index contributed by atoms with van der Waals surface area (Å²) in [5.41, 5.74) is -2.18. The molecule has 0 aliphatic carbocycles. The van der Waals surface area contributed by atoms with Gasteiger partial charge in [-0.05, 0) is 40.7 Å². The van der Waals surface area contributed by atoms with Gasteiger partial charge in [-0.3, -0.25) is 0 Å². The molecule has 27 heavy (non-hydrogen) atoms. The van der Waals surface area contributed by atoms with Crippen LogP contribution in [0.25, 0.3) is 0 Å². The summed E-state index contributed by atoms with van der Waals surface area (Å²) in [6.45, 7) is 15.5. The Kier molecular flexibility index (Phi) is 5.99. The monoisotopic (exact) mass is 406 g/mol. The first kappa shape index (κ1) is 22.5. The van der Waals surface area contributed by atoms with Gasteiger partial charge in [0.2, 0.25) is 0 Å². The highest BCUT2D eigenvalue weighted by molar-refractivity contribution is 6.76. The standard InChI is InChI=1S/C17H30BF3N2O3Si/c1-12-13(18-25-15(2,3)16(4,5)26-18)14(17(19,20)21)23(22-12)11-24-9-10-27(6,7)8/h9-11H2,1-8H3. The van der Waals surface area contributed by atoms with Crippen molar-refractivity contribution in [1.29, 1.82) is 0 Å². The number of nitrogens with zero attached hydrogens (tertiary/aromatic N) is 2. The van der Waals surface area contributed by atoms with Gasteiger partial charge in [0.1, 0.15) is 12.4 Å². The lowest BCUT2D eigenvalue weighted by Gasteiger charge is -2.32. The fourth-order valence-corrected chi connectivity index (χ4v) is 3.52. The molecular formula is C17H30BF3N2O3Si. The fraction of sp³-hybridized carbons (Fsp3) is 0.824. The van der Waals surface area contributed by atoms with E-state index in [1.54, 1.807) is 27.7 Å². The van der Waals surface area contributed by atoms with Gasteiger partial charge in [0.25, 0.3) is 0 Å². The summed E-state index contributed by atoms with van der Waals surface area (Å²) in [4.78, 5) is 0. The van der Waals surface area contributed by atoms with Gasteiger partial charge in [-0.25, -0.2) is 4.68 Å². The molecule has 2 heterocycles. The van der Waals surface area contributed by atoms with E-state index in [2.05, 4.69) is 24.7 Å². The van der Waals surface area contributed by atoms with Gasteiger partial charge in [-0.1, -0.05) is 19.6 Å². The first-order chi connectivity index (χ1) is 12.1. The molecule has 0 aromatic carbocycles. The van der Waals surface area contributed by atoms with Crippen molar-refractivity contribution < 1.29 is 27.2 Å². The molecule has 5 nitrogen and oxygen atoms in total. The number of aromatic nitrogens is 2. The van der Waals surface area contributed by atoms with Crippen LogP contribution in [0.1, 0.15) is 39.1 Å². The summed E-state index contributed by atoms with van der Waals surface area (Å²) in [5, 5.41) is 4.07. The third-order valence-corrected chi connectivity index (χ3v) is 6.85. The average molecular weight is 406 g/mol. The molecule has 0 N–H and O–H groups in total. The molecule has 0 bridgehead atoms. The number of hydrogen-bond acceptors (Lipinski definition) is 4. The molecule has 1 aromatic heterocycles. The van der Waals surface area contributed by atoms with Gasteiger partial charge in [0.15, 0.2) is 0 Å². The minimum atomic E-state index is -4.59. The van der Waals surface area contributed by atoms with Gasteiger partial charge >= 0.3 is 13.3 Å². The lowest BCUT2D eigenvalue weighted by atomic mass is 9.77. The van der Waals surface area contributed by atoms with E-state index < -0.39 is 38.3 Å². The molecule has 154 valence electrons. The van der Waals surface area contributed by atoms with Gasteiger partial charge < -0.3 is 14.0 Å². The number of ether oxygens (including phenoxy) is 1. The predicted octanol–water partition coefficient (Wildman–Crippen LogP) is 3.82. The molecule has 1 aliphatic rings. The molecule has 0 radical (unpaired) electrons. The summed E-state index contributed by atoms with van der Waals surface area (Å²) in [7, 11) is -2.44. The van der Waals surface area contributed by atoms with Crippen LogP contribution < -0.4 is 5.46 Å². The van der Waals surface area contributed by atoms with Crippen LogP contribution in [-0.4, -0.2) is 42.8 Å². The Morgan fingerprint density at radius 3 is 2.07 bits per heavy atom. The summed E-state index contributed by atoms with van der Waals surface area (Å²) < 4.78 is 59.6. The van der Waals surface area contributed by atoms with Crippen LogP contribution >= 0.6 is 0 Å². The highest BCUT2D eigenvalue weighted by Gasteiger charge is 2.55. The van der Waals surface area contributed by atoms with E-state index in [0.29, 0.717) is 6.61 Å². The van der Waals surface area contributed by atoms with Crippen LogP contribution in [-0.2, 0) is 27.0 Å². The maximum absolute atomic E-state index is 13.8. The van der Waals surface area contributed by atoms with Crippen molar-refractivity contribution in [2.45, 2.75) is 84.4 Å². The number of alkyl halides is 3. The third kappa shape index (κ3) is 4.96. The molecule has 10 heteroatoms. The maximum atomic E-state index is 13.8. The van der Waals surface area contributed by atoms with Crippen molar-refractivity contribution in [3.63, 3.8) is 0 Å². The van der Waals surface area contributed by atoms with Crippen LogP contribution in [0.15, 0.2) is 0 Å². The molecule has 0 atom stereocenters. The normalized spacial score (nSPS) is 19.7. The van der Waals surface area contributed by atoms with E-state index in [0.717, 1.165) is 10.7 Å². The smallest absolute Gasteiger partial charge is 0.399 e. The number of aryl methyl sites for hydroxylation is 1. The second-order valence-electron chi connectivity index (χ2n) is 9.28. The Bertz CT molecular complexity index is 668. The second kappa shape index (κ2) is 7.20. The Morgan fingerprint density at radius 1 is 1.11 bits per heavy atom. The highest BCUT2D eigenvalue weighted by atomic mass is 28.3. The van der Waals surface area contributed by atoms with Gasteiger partial charge in [0, 0.05) is 20.1 Å². The zero-order chi connectivity index (χ0) is 20.8. The predicted molar refractivity (Wildman–Crippen MR) is 102 cm³/mol. The van der Waals surface area contributed by atoms with E-state index in [-0.39, 0.29) is 17.9 Å². The molecule has 2 rings (SSSR count). The van der Waals surface area contributed by atoms with Crippen molar-refractivity contribution in [2.75, 3.05) is 6.61 Å². The van der Waals surface area contributed by atoms with Crippen LogP contribution in [0.2, 0.25) is 25.7 Å². The summed E-state index contributed by atoms with van der Waals surface area (Å²) in [6, 6.07) is 0.874. The Labute approximate surface area is 160 Å². The van der Waals surface area contributed by atoms with E-state index in [1.165, 1.54) is 6.92 Å². The fourth-order valence-electron chi connectivity index (χ4n) is 2.76. The SMILES string of the molecule is Cc1nn(COCC[Si](C)(C)C)c(C(F)(F)F)c1B1OC(C)(C)C(C)(C)O1. The lowest BCUT2D eigenvalue weighted by Crippen LogP contribution is -2.41. The quantitative estimate of drug-likeness (QED) is 0.532. The Hall–Kier alpha value is -0.838. The van der Waals surface area contributed by atoms with Crippen LogP contribution in [0.5, 0.6) is 0 Å². The van der Waals surface area contributed by atoms with Crippen LogP contribution in [0.4, 0.5) is 13.2 Å². The molecule has 1 aliphatic heterocycles. The topological polar surface area (TPSA) is 45.5 Å². The third-order valence-electron chi connectivity index (χ3n) is 5.14. The Morgan fingerprint density at radius 2 is 1.63 bits per heavy atom. The maximum Gasteiger partial charge on any atom is 0.499 e. The van der Waals surface area contributed by atoms with Crippen LogP contribution in [0.3, 0.4) is 0 Å². The molecule has 1 fully saturated rings. The molecule has 0 unspecified atom stereocenters. The molecule has 1 saturated heterocycles. The largest absolute Gasteiger partial charge is 0.499 e. The Balaban J connectivity index is 2.30. The first-order valence-electron chi connectivity index (χ1n) is 9.13. The molecular weight excluding hydrogens is 376 g/mol. The van der Waals surface area contributed by atoms with E-state index in [4.69, 9.17) is 14.0 Å². The average Bonchev–Trinajstić information content (AvgIpc) is 2.87. The van der Waals surface area contributed by atoms with Crippen molar-refractivity contribution in [2.24, 2.45) is 0 Å². The van der Waals surface area contributed by atoms with E-state index in [9.17, 15) is 13.2 Å². The lowest BCUT2D eigenvalue weighted by molar-refractivity contribution is -0.146. The molecule has 1 aromatic rings. The van der Waals surface area contributed by atoms with Crippen molar-refractivity contribution in [3.05, 3.63) is 11.4 Å². The van der Waals surface area contributed by atoms with E-state index in [1.807, 2.05) is 0 Å². The van der Waals surface area contributed by atoms with Gasteiger partial charge in [0.05, 0.1) is 16.9 Å². The molecule has 0 spiro atoms. The minimum absolute atomic E-state index is 0.0741. The van der Waals surface area contributed by atoms with Crippen molar-refractivity contribution in [1.82, 2.24) is 9.78 Å². The minimum Gasteiger partial charge on any atom is -0.399 e. The summed E-state index contributed by atoms with van der Waals surface area (Å²) in [6.07, 6.45) is -4.59. The van der Waals surface area contributed by atoms with Crippen molar-refractivity contribution in [3.8, 4) is 0 Å². The number of hydrogen-bond donors (Lipinski definition) is 0. The van der Waals surface area contributed by atoms with E-state index >= 15 is 0 Å². The highest BCUT2D eigenvalue weighted by Crippen LogP contribution is 2.38. The zero-order valence-corrected chi connectivity index (χ0v) is 18.5. The van der Waals surface area contributed by atoms with Crippen LogP contribution in [0, 0.1) is 6.92 Å². The van der Waals surface area contributed by atoms with Gasteiger partial charge in [-0.2, -0.15) is 18.3 Å². The number of halogens is 3. The first-order valence-corrected chi connectivity index (χ1v) is 12.8. The number of rotatable bonds is 6. The summed E-state index contributed by atoms with van der Waals surface area (Å²) in [5.74, 6) is 0. The second-order valence-corrected chi connectivity index (χ2v) is 14.9. The van der Waals surface area contributed by atoms with Gasteiger partial charge in [-0.15, -0.1) is 0 Å². The molecule has 0 amide bonds.